The van der Waals surface area contributed by atoms with E-state index in [0.29, 0.717) is 18.0 Å². The summed E-state index contributed by atoms with van der Waals surface area (Å²) in [5.74, 6) is 1.31. The van der Waals surface area contributed by atoms with Gasteiger partial charge in [-0.1, -0.05) is 18.2 Å². The highest BCUT2D eigenvalue weighted by atomic mass is 32.2. The molecule has 112 valence electrons. The first-order valence-electron chi connectivity index (χ1n) is 6.39. The number of primary sulfonamides is 1. The SMILES string of the molecule is CN(C)Cc1cc(S(N)(=O)=O)ccc1Oc1ccccc1. The van der Waals surface area contributed by atoms with Gasteiger partial charge in [0.15, 0.2) is 0 Å². The van der Waals surface area contributed by atoms with Crippen LogP contribution in [0.25, 0.3) is 0 Å². The minimum absolute atomic E-state index is 0.0831. The van der Waals surface area contributed by atoms with Crippen molar-refractivity contribution in [1.29, 1.82) is 0 Å². The first kappa shape index (κ1) is 15.5. The van der Waals surface area contributed by atoms with E-state index >= 15 is 0 Å². The van der Waals surface area contributed by atoms with Crippen LogP contribution in [0.5, 0.6) is 11.5 Å². The summed E-state index contributed by atoms with van der Waals surface area (Å²) in [6.07, 6.45) is 0. The summed E-state index contributed by atoms with van der Waals surface area (Å²) < 4.78 is 28.7. The summed E-state index contributed by atoms with van der Waals surface area (Å²) in [5, 5.41) is 5.18. The standard InChI is InChI=1S/C15H18N2O3S/c1-17(2)11-12-10-14(21(16,18)19)8-9-15(12)20-13-6-4-3-5-7-13/h3-10H,11H2,1-2H3,(H2,16,18,19). The van der Waals surface area contributed by atoms with E-state index in [-0.39, 0.29) is 4.90 Å². The summed E-state index contributed by atoms with van der Waals surface area (Å²) in [4.78, 5) is 2.01. The van der Waals surface area contributed by atoms with Gasteiger partial charge in [-0.15, -0.1) is 0 Å². The van der Waals surface area contributed by atoms with Crippen molar-refractivity contribution in [2.24, 2.45) is 5.14 Å². The van der Waals surface area contributed by atoms with E-state index in [1.54, 1.807) is 12.1 Å². The van der Waals surface area contributed by atoms with E-state index in [9.17, 15) is 8.42 Å². The lowest BCUT2D eigenvalue weighted by molar-refractivity contribution is 0.388. The number of nitrogens with zero attached hydrogens (tertiary/aromatic N) is 1. The Hall–Kier alpha value is -1.89. The lowest BCUT2D eigenvalue weighted by Crippen LogP contribution is -2.15. The second kappa shape index (κ2) is 6.26. The molecule has 2 aromatic rings. The molecule has 2 N–H and O–H groups in total. The van der Waals surface area contributed by atoms with Gasteiger partial charge in [0.25, 0.3) is 0 Å². The van der Waals surface area contributed by atoms with Crippen LogP contribution < -0.4 is 9.88 Å². The normalized spacial score (nSPS) is 11.6. The van der Waals surface area contributed by atoms with Gasteiger partial charge >= 0.3 is 0 Å². The van der Waals surface area contributed by atoms with E-state index in [0.717, 1.165) is 5.56 Å². The van der Waals surface area contributed by atoms with Crippen LogP contribution in [0.15, 0.2) is 53.4 Å². The summed E-state index contributed by atoms with van der Waals surface area (Å²) in [6.45, 7) is 0.547. The number of para-hydroxylation sites is 1. The molecule has 0 aliphatic rings. The van der Waals surface area contributed by atoms with Crippen LogP contribution in [-0.4, -0.2) is 27.4 Å². The molecule has 21 heavy (non-hydrogen) atoms. The Morgan fingerprint density at radius 3 is 2.33 bits per heavy atom. The molecule has 0 heterocycles. The number of ether oxygens (including phenoxy) is 1. The van der Waals surface area contributed by atoms with Crippen molar-refractivity contribution in [1.82, 2.24) is 4.90 Å². The predicted molar refractivity (Wildman–Crippen MR) is 81.7 cm³/mol. The molecule has 0 fully saturated rings. The number of hydrogen-bond acceptors (Lipinski definition) is 4. The molecule has 0 bridgehead atoms. The van der Waals surface area contributed by atoms with Crippen LogP contribution in [0.2, 0.25) is 0 Å². The van der Waals surface area contributed by atoms with Crippen molar-refractivity contribution < 1.29 is 13.2 Å². The van der Waals surface area contributed by atoms with Crippen LogP contribution in [-0.2, 0) is 16.6 Å². The number of sulfonamides is 1. The number of benzene rings is 2. The summed E-state index contributed by atoms with van der Waals surface area (Å²) >= 11 is 0. The highest BCUT2D eigenvalue weighted by Crippen LogP contribution is 2.28. The molecule has 0 saturated heterocycles. The molecule has 2 aromatic carbocycles. The number of hydrogen-bond donors (Lipinski definition) is 1. The van der Waals surface area contributed by atoms with Gasteiger partial charge in [-0.3, -0.25) is 0 Å². The molecule has 6 heteroatoms. The average Bonchev–Trinajstić information content (AvgIpc) is 2.40. The van der Waals surface area contributed by atoms with Crippen molar-refractivity contribution >= 4 is 10.0 Å². The predicted octanol–water partition coefficient (Wildman–Crippen LogP) is 2.19. The quantitative estimate of drug-likeness (QED) is 0.919. The van der Waals surface area contributed by atoms with E-state index in [2.05, 4.69) is 0 Å². The zero-order valence-corrected chi connectivity index (χ0v) is 12.8. The van der Waals surface area contributed by atoms with Crippen molar-refractivity contribution in [3.63, 3.8) is 0 Å². The first-order chi connectivity index (χ1) is 9.86. The second-order valence-corrected chi connectivity index (χ2v) is 6.53. The molecular formula is C15H18N2O3S. The molecule has 0 amide bonds. The molecule has 0 radical (unpaired) electrons. The van der Waals surface area contributed by atoms with Gasteiger partial charge < -0.3 is 9.64 Å². The summed E-state index contributed by atoms with van der Waals surface area (Å²) in [5.41, 5.74) is 0.760. The highest BCUT2D eigenvalue weighted by molar-refractivity contribution is 7.89. The second-order valence-electron chi connectivity index (χ2n) is 4.97. The fourth-order valence-electron chi connectivity index (χ4n) is 1.91. The zero-order valence-electron chi connectivity index (χ0n) is 12.0. The fraction of sp³-hybridized carbons (Fsp3) is 0.200. The maximum absolute atomic E-state index is 11.5. The molecule has 5 nitrogen and oxygen atoms in total. The highest BCUT2D eigenvalue weighted by Gasteiger charge is 2.13. The summed E-state index contributed by atoms with van der Waals surface area (Å²) in [7, 11) is 0.0726. The lowest BCUT2D eigenvalue weighted by Gasteiger charge is -2.16. The molecule has 0 saturated carbocycles. The van der Waals surface area contributed by atoms with Gasteiger partial charge in [-0.2, -0.15) is 0 Å². The number of rotatable bonds is 5. The van der Waals surface area contributed by atoms with Gasteiger partial charge in [0.05, 0.1) is 4.90 Å². The Labute approximate surface area is 125 Å². The third-order valence-electron chi connectivity index (χ3n) is 2.82. The molecule has 0 spiro atoms. The van der Waals surface area contributed by atoms with Crippen LogP contribution in [0.4, 0.5) is 0 Å². The average molecular weight is 306 g/mol. The largest absolute Gasteiger partial charge is 0.457 e. The maximum atomic E-state index is 11.5. The fourth-order valence-corrected chi connectivity index (χ4v) is 2.48. The van der Waals surface area contributed by atoms with Gasteiger partial charge in [0.2, 0.25) is 10.0 Å². The Kier molecular flexibility index (Phi) is 4.62. The smallest absolute Gasteiger partial charge is 0.238 e. The maximum Gasteiger partial charge on any atom is 0.238 e. The lowest BCUT2D eigenvalue weighted by atomic mass is 10.2. The molecular weight excluding hydrogens is 288 g/mol. The van der Waals surface area contributed by atoms with Crippen LogP contribution in [0, 0.1) is 0 Å². The monoisotopic (exact) mass is 306 g/mol. The van der Waals surface area contributed by atoms with Crippen LogP contribution in [0.3, 0.4) is 0 Å². The minimum Gasteiger partial charge on any atom is -0.457 e. The third-order valence-corrected chi connectivity index (χ3v) is 3.73. The van der Waals surface area contributed by atoms with E-state index in [1.165, 1.54) is 6.07 Å². The first-order valence-corrected chi connectivity index (χ1v) is 7.94. The van der Waals surface area contributed by atoms with Crippen molar-refractivity contribution in [2.45, 2.75) is 11.4 Å². The van der Waals surface area contributed by atoms with Crippen molar-refractivity contribution in [3.8, 4) is 11.5 Å². The minimum atomic E-state index is -3.72. The van der Waals surface area contributed by atoms with Crippen molar-refractivity contribution in [3.05, 3.63) is 54.1 Å². The van der Waals surface area contributed by atoms with E-state index in [4.69, 9.17) is 9.88 Å². The van der Waals surface area contributed by atoms with Crippen LogP contribution >= 0.6 is 0 Å². The van der Waals surface area contributed by atoms with Crippen LogP contribution in [0.1, 0.15) is 5.56 Å². The topological polar surface area (TPSA) is 72.6 Å². The molecule has 0 aliphatic carbocycles. The number of nitrogens with two attached hydrogens (primary N) is 1. The summed E-state index contributed by atoms with van der Waals surface area (Å²) in [6, 6.07) is 14.0. The van der Waals surface area contributed by atoms with E-state index in [1.807, 2.05) is 49.3 Å². The van der Waals surface area contributed by atoms with Gasteiger partial charge in [-0.05, 0) is 44.4 Å². The Morgan fingerprint density at radius 2 is 1.76 bits per heavy atom. The molecule has 0 aromatic heterocycles. The molecule has 0 unspecified atom stereocenters. The molecule has 0 aliphatic heterocycles. The van der Waals surface area contributed by atoms with Gasteiger partial charge in [-0.25, -0.2) is 13.6 Å². The van der Waals surface area contributed by atoms with Crippen molar-refractivity contribution in [2.75, 3.05) is 14.1 Å². The molecule has 0 atom stereocenters. The Balaban J connectivity index is 2.40. The van der Waals surface area contributed by atoms with E-state index < -0.39 is 10.0 Å². The van der Waals surface area contributed by atoms with Gasteiger partial charge in [0.1, 0.15) is 11.5 Å². The Bertz CT molecular complexity index is 713. The third kappa shape index (κ3) is 4.29. The Morgan fingerprint density at radius 1 is 1.10 bits per heavy atom. The zero-order chi connectivity index (χ0) is 15.5. The van der Waals surface area contributed by atoms with Gasteiger partial charge in [0, 0.05) is 12.1 Å². The molecule has 2 rings (SSSR count).